The molecule has 0 aromatic heterocycles. The summed E-state index contributed by atoms with van der Waals surface area (Å²) < 4.78 is 10.4. The van der Waals surface area contributed by atoms with Crippen molar-refractivity contribution in [3.05, 3.63) is 25.3 Å². The van der Waals surface area contributed by atoms with Crippen LogP contribution in [-0.4, -0.2) is 70.3 Å². The van der Waals surface area contributed by atoms with Crippen LogP contribution in [0.25, 0.3) is 0 Å². The van der Waals surface area contributed by atoms with Crippen molar-refractivity contribution in [3.8, 4) is 0 Å². The van der Waals surface area contributed by atoms with Gasteiger partial charge >= 0.3 is 0 Å². The van der Waals surface area contributed by atoms with E-state index in [4.69, 9.17) is 9.47 Å². The van der Waals surface area contributed by atoms with E-state index in [0.29, 0.717) is 0 Å². The van der Waals surface area contributed by atoms with Crippen molar-refractivity contribution in [2.45, 2.75) is 36.6 Å². The Hall–Kier alpha value is -0.760. The number of rotatable bonds is 6. The fourth-order valence-corrected chi connectivity index (χ4v) is 1.93. The van der Waals surface area contributed by atoms with Crippen molar-refractivity contribution in [2.75, 3.05) is 13.2 Å². The molecule has 18 heavy (non-hydrogen) atoms. The van der Waals surface area contributed by atoms with Crippen LogP contribution in [0.2, 0.25) is 0 Å². The van der Waals surface area contributed by atoms with Crippen molar-refractivity contribution in [1.29, 1.82) is 0 Å². The largest absolute Gasteiger partial charge is 0.387 e. The molecule has 0 aromatic rings. The zero-order valence-corrected chi connectivity index (χ0v) is 10.1. The summed E-state index contributed by atoms with van der Waals surface area (Å²) in [6.45, 7) is 7.12. The average molecular weight is 260 g/mol. The van der Waals surface area contributed by atoms with Gasteiger partial charge in [0.2, 0.25) is 0 Å². The van der Waals surface area contributed by atoms with E-state index in [-0.39, 0.29) is 13.2 Å². The fourth-order valence-electron chi connectivity index (χ4n) is 1.93. The predicted molar refractivity (Wildman–Crippen MR) is 63.9 cm³/mol. The van der Waals surface area contributed by atoms with Gasteiger partial charge in [0.1, 0.15) is 36.6 Å². The molecule has 104 valence electrons. The average Bonchev–Trinajstić information content (AvgIpc) is 2.36. The molecule has 0 saturated heterocycles. The Morgan fingerprint density at radius 1 is 0.722 bits per heavy atom. The Balaban J connectivity index is 2.77. The van der Waals surface area contributed by atoms with Crippen LogP contribution in [0, 0.1) is 0 Å². The van der Waals surface area contributed by atoms with Crippen LogP contribution >= 0.6 is 0 Å². The van der Waals surface area contributed by atoms with Gasteiger partial charge in [-0.2, -0.15) is 0 Å². The third-order valence-electron chi connectivity index (χ3n) is 2.86. The van der Waals surface area contributed by atoms with Gasteiger partial charge in [-0.3, -0.25) is 0 Å². The molecular formula is C12H20O6. The first kappa shape index (κ1) is 15.3. The first-order chi connectivity index (χ1) is 8.54. The van der Waals surface area contributed by atoms with E-state index in [1.54, 1.807) is 0 Å². The van der Waals surface area contributed by atoms with E-state index >= 15 is 0 Å². The highest BCUT2D eigenvalue weighted by molar-refractivity contribution is 5.00. The van der Waals surface area contributed by atoms with Crippen LogP contribution in [0.1, 0.15) is 0 Å². The van der Waals surface area contributed by atoms with Crippen LogP contribution in [-0.2, 0) is 9.47 Å². The van der Waals surface area contributed by atoms with E-state index in [1.165, 1.54) is 12.2 Å². The summed E-state index contributed by atoms with van der Waals surface area (Å²) in [6, 6.07) is 0. The first-order valence-corrected chi connectivity index (χ1v) is 5.71. The SMILES string of the molecule is C=CCO[C@@H]1C(O)[C@H](OCC=C)[C@@H](O)C(O)[C@H]1O. The van der Waals surface area contributed by atoms with Gasteiger partial charge in [-0.05, 0) is 0 Å². The third-order valence-corrected chi connectivity index (χ3v) is 2.86. The van der Waals surface area contributed by atoms with Gasteiger partial charge in [-0.1, -0.05) is 12.2 Å². The molecule has 1 aliphatic rings. The second kappa shape index (κ2) is 6.98. The standard InChI is InChI=1S/C12H20O6/c1-3-5-17-11-8(14)7(13)9(15)12(10(11)16)18-6-4-2/h3-4,7-16H,1-2,5-6H2/t7?,8-,9+,10?,11+,12-. The molecule has 0 heterocycles. The predicted octanol–water partition coefficient (Wildman–Crippen LogP) is -1.41. The van der Waals surface area contributed by atoms with E-state index in [0.717, 1.165) is 0 Å². The molecule has 2 unspecified atom stereocenters. The summed E-state index contributed by atoms with van der Waals surface area (Å²) in [7, 11) is 0. The molecule has 1 aliphatic carbocycles. The summed E-state index contributed by atoms with van der Waals surface area (Å²) in [5, 5.41) is 39.2. The minimum atomic E-state index is -1.45. The van der Waals surface area contributed by atoms with Crippen molar-refractivity contribution < 1.29 is 29.9 Å². The summed E-state index contributed by atoms with van der Waals surface area (Å²) in [6.07, 6.45) is -4.66. The second-order valence-electron chi connectivity index (χ2n) is 4.14. The molecule has 1 rings (SSSR count). The summed E-state index contributed by atoms with van der Waals surface area (Å²) in [5.74, 6) is 0. The highest BCUT2D eigenvalue weighted by atomic mass is 16.5. The Morgan fingerprint density at radius 3 is 1.44 bits per heavy atom. The van der Waals surface area contributed by atoms with Gasteiger partial charge in [-0.15, -0.1) is 13.2 Å². The number of aliphatic hydroxyl groups is 4. The second-order valence-corrected chi connectivity index (χ2v) is 4.14. The number of hydrogen-bond acceptors (Lipinski definition) is 6. The minimum absolute atomic E-state index is 0.107. The smallest absolute Gasteiger partial charge is 0.115 e. The highest BCUT2D eigenvalue weighted by Gasteiger charge is 2.49. The summed E-state index contributed by atoms with van der Waals surface area (Å²) in [4.78, 5) is 0. The van der Waals surface area contributed by atoms with Crippen LogP contribution in [0.15, 0.2) is 25.3 Å². The van der Waals surface area contributed by atoms with E-state index < -0.39 is 36.6 Å². The van der Waals surface area contributed by atoms with Gasteiger partial charge < -0.3 is 29.9 Å². The maximum Gasteiger partial charge on any atom is 0.115 e. The lowest BCUT2D eigenvalue weighted by molar-refractivity contribution is -0.241. The van der Waals surface area contributed by atoms with Crippen LogP contribution in [0.5, 0.6) is 0 Å². The molecule has 0 spiro atoms. The van der Waals surface area contributed by atoms with Crippen LogP contribution in [0.3, 0.4) is 0 Å². The molecule has 0 amide bonds. The topological polar surface area (TPSA) is 99.4 Å². The minimum Gasteiger partial charge on any atom is -0.387 e. The normalized spacial score (nSPS) is 40.4. The molecule has 6 atom stereocenters. The van der Waals surface area contributed by atoms with Gasteiger partial charge in [-0.25, -0.2) is 0 Å². The maximum atomic E-state index is 9.99. The van der Waals surface area contributed by atoms with E-state index in [2.05, 4.69) is 13.2 Å². The summed E-state index contributed by atoms with van der Waals surface area (Å²) >= 11 is 0. The molecule has 1 fully saturated rings. The number of aliphatic hydroxyl groups excluding tert-OH is 4. The Bertz CT molecular complexity index is 256. The molecule has 6 heteroatoms. The zero-order valence-electron chi connectivity index (χ0n) is 10.1. The first-order valence-electron chi connectivity index (χ1n) is 5.71. The van der Waals surface area contributed by atoms with Crippen molar-refractivity contribution >= 4 is 0 Å². The number of ether oxygens (including phenoxy) is 2. The van der Waals surface area contributed by atoms with Gasteiger partial charge in [0.05, 0.1) is 13.2 Å². The number of hydrogen-bond donors (Lipinski definition) is 4. The molecule has 6 nitrogen and oxygen atoms in total. The Morgan fingerprint density at radius 2 is 1.11 bits per heavy atom. The van der Waals surface area contributed by atoms with Crippen molar-refractivity contribution in [1.82, 2.24) is 0 Å². The monoisotopic (exact) mass is 260 g/mol. The lowest BCUT2D eigenvalue weighted by Crippen LogP contribution is -2.65. The summed E-state index contributed by atoms with van der Waals surface area (Å²) in [5.41, 5.74) is 0. The molecule has 0 bridgehead atoms. The van der Waals surface area contributed by atoms with Gasteiger partial charge in [0.15, 0.2) is 0 Å². The fraction of sp³-hybridized carbons (Fsp3) is 0.667. The lowest BCUT2D eigenvalue weighted by atomic mass is 9.84. The van der Waals surface area contributed by atoms with Crippen LogP contribution < -0.4 is 0 Å². The Kier molecular flexibility index (Phi) is 5.94. The molecule has 1 saturated carbocycles. The quantitative estimate of drug-likeness (QED) is 0.438. The maximum absolute atomic E-state index is 9.99. The molecule has 0 radical (unpaired) electrons. The highest BCUT2D eigenvalue weighted by Crippen LogP contribution is 2.26. The molecule has 4 N–H and O–H groups in total. The van der Waals surface area contributed by atoms with E-state index in [9.17, 15) is 20.4 Å². The van der Waals surface area contributed by atoms with Crippen LogP contribution in [0.4, 0.5) is 0 Å². The third kappa shape index (κ3) is 3.17. The zero-order chi connectivity index (χ0) is 13.7. The molecule has 0 aromatic carbocycles. The van der Waals surface area contributed by atoms with E-state index in [1.807, 2.05) is 0 Å². The lowest BCUT2D eigenvalue weighted by Gasteiger charge is -2.43. The van der Waals surface area contributed by atoms with Crippen molar-refractivity contribution in [2.24, 2.45) is 0 Å². The van der Waals surface area contributed by atoms with Gasteiger partial charge in [0, 0.05) is 0 Å². The van der Waals surface area contributed by atoms with Gasteiger partial charge in [0.25, 0.3) is 0 Å². The van der Waals surface area contributed by atoms with Crippen molar-refractivity contribution in [3.63, 3.8) is 0 Å². The molecular weight excluding hydrogens is 240 g/mol. The Labute approximate surface area is 106 Å². The molecule has 0 aliphatic heterocycles.